The first-order chi connectivity index (χ1) is 7.12. The standard InChI is InChI=1S/C11H11NO3/c1-11(8-9(13)5-7-15-11)10-4-2-3-6-12(10)14/h2-7H,8H2,1H3/t11-/m0/s1. The van der Waals surface area contributed by atoms with E-state index in [1.165, 1.54) is 18.5 Å². The summed E-state index contributed by atoms with van der Waals surface area (Å²) >= 11 is 0. The van der Waals surface area contributed by atoms with Gasteiger partial charge >= 0.3 is 0 Å². The lowest BCUT2D eigenvalue weighted by atomic mass is 9.93. The summed E-state index contributed by atoms with van der Waals surface area (Å²) in [7, 11) is 0. The second kappa shape index (κ2) is 3.38. The third-order valence-electron chi connectivity index (χ3n) is 2.46. The smallest absolute Gasteiger partial charge is 0.236 e. The Kier molecular flexibility index (Phi) is 2.19. The van der Waals surface area contributed by atoms with Crippen molar-refractivity contribution in [2.24, 2.45) is 0 Å². The molecule has 0 bridgehead atoms. The van der Waals surface area contributed by atoms with Gasteiger partial charge in [-0.05, 0) is 13.0 Å². The fraction of sp³-hybridized carbons (Fsp3) is 0.273. The molecule has 2 heterocycles. The molecule has 15 heavy (non-hydrogen) atoms. The van der Waals surface area contributed by atoms with Crippen LogP contribution in [0.5, 0.6) is 0 Å². The number of nitrogens with zero attached hydrogens (tertiary/aromatic N) is 1. The molecule has 1 aromatic rings. The highest BCUT2D eigenvalue weighted by atomic mass is 16.5. The molecule has 1 aliphatic heterocycles. The molecule has 0 aliphatic carbocycles. The van der Waals surface area contributed by atoms with E-state index < -0.39 is 5.60 Å². The van der Waals surface area contributed by atoms with Gasteiger partial charge in [0.05, 0.1) is 12.7 Å². The van der Waals surface area contributed by atoms with Crippen LogP contribution in [-0.2, 0) is 15.1 Å². The summed E-state index contributed by atoms with van der Waals surface area (Å²) in [6, 6.07) is 5.06. The summed E-state index contributed by atoms with van der Waals surface area (Å²) in [5, 5.41) is 11.5. The molecule has 0 aromatic carbocycles. The van der Waals surface area contributed by atoms with E-state index >= 15 is 0 Å². The molecule has 1 aliphatic rings. The van der Waals surface area contributed by atoms with E-state index in [9.17, 15) is 10.0 Å². The summed E-state index contributed by atoms with van der Waals surface area (Å²) in [4.78, 5) is 11.3. The molecule has 2 rings (SSSR count). The molecule has 0 N–H and O–H groups in total. The molecule has 1 aromatic heterocycles. The minimum absolute atomic E-state index is 0.0346. The quantitative estimate of drug-likeness (QED) is 0.508. The van der Waals surface area contributed by atoms with Crippen LogP contribution in [0.1, 0.15) is 19.0 Å². The Morgan fingerprint density at radius 2 is 2.33 bits per heavy atom. The predicted octanol–water partition coefficient (Wildman–Crippen LogP) is 1.04. The van der Waals surface area contributed by atoms with Crippen molar-refractivity contribution in [3.8, 4) is 0 Å². The van der Waals surface area contributed by atoms with Gasteiger partial charge in [-0.3, -0.25) is 4.79 Å². The maximum Gasteiger partial charge on any atom is 0.236 e. The van der Waals surface area contributed by atoms with Crippen LogP contribution in [0.15, 0.2) is 36.7 Å². The maximum atomic E-state index is 11.5. The van der Waals surface area contributed by atoms with Gasteiger partial charge in [-0.2, -0.15) is 4.73 Å². The Hall–Kier alpha value is -1.84. The second-order valence-electron chi connectivity index (χ2n) is 3.71. The Bertz CT molecular complexity index is 428. The van der Waals surface area contributed by atoms with Gasteiger partial charge in [0.1, 0.15) is 0 Å². The molecule has 0 unspecified atom stereocenters. The topological polar surface area (TPSA) is 53.2 Å². The first-order valence-electron chi connectivity index (χ1n) is 4.68. The number of allylic oxidation sites excluding steroid dienone is 1. The number of hydrogen-bond donors (Lipinski definition) is 0. The normalized spacial score (nSPS) is 25.0. The van der Waals surface area contributed by atoms with Gasteiger partial charge in [-0.15, -0.1) is 0 Å². The summed E-state index contributed by atoms with van der Waals surface area (Å²) in [6.07, 6.45) is 4.31. The van der Waals surface area contributed by atoms with Crippen molar-refractivity contribution in [1.82, 2.24) is 0 Å². The third kappa shape index (κ3) is 1.70. The third-order valence-corrected chi connectivity index (χ3v) is 2.46. The number of pyridine rings is 1. The van der Waals surface area contributed by atoms with E-state index in [0.29, 0.717) is 5.69 Å². The molecule has 0 saturated carbocycles. The van der Waals surface area contributed by atoms with Crippen LogP contribution in [0.3, 0.4) is 0 Å². The Labute approximate surface area is 87.4 Å². The van der Waals surface area contributed by atoms with Crippen LogP contribution >= 0.6 is 0 Å². The van der Waals surface area contributed by atoms with Crippen molar-refractivity contribution in [1.29, 1.82) is 0 Å². The maximum absolute atomic E-state index is 11.5. The Morgan fingerprint density at radius 1 is 1.53 bits per heavy atom. The highest BCUT2D eigenvalue weighted by molar-refractivity contribution is 5.90. The highest BCUT2D eigenvalue weighted by Gasteiger charge is 2.38. The first kappa shape index (κ1) is 9.71. The lowest BCUT2D eigenvalue weighted by Crippen LogP contribution is -2.43. The monoisotopic (exact) mass is 205 g/mol. The average molecular weight is 205 g/mol. The van der Waals surface area contributed by atoms with Crippen molar-refractivity contribution in [3.05, 3.63) is 47.6 Å². The fourth-order valence-corrected chi connectivity index (χ4v) is 1.68. The van der Waals surface area contributed by atoms with E-state index in [-0.39, 0.29) is 12.2 Å². The molecule has 4 heteroatoms. The molecular weight excluding hydrogens is 194 g/mol. The SMILES string of the molecule is C[C@@]1(c2cccc[n+]2[O-])CC(=O)C=CO1. The first-order valence-corrected chi connectivity index (χ1v) is 4.68. The van der Waals surface area contributed by atoms with E-state index in [4.69, 9.17) is 4.74 Å². The molecule has 0 amide bonds. The lowest BCUT2D eigenvalue weighted by Gasteiger charge is -2.28. The van der Waals surface area contributed by atoms with Crippen molar-refractivity contribution in [2.45, 2.75) is 18.9 Å². The Balaban J connectivity index is 2.42. The van der Waals surface area contributed by atoms with Gasteiger partial charge in [-0.25, -0.2) is 0 Å². The molecule has 4 nitrogen and oxygen atoms in total. The number of rotatable bonds is 1. The van der Waals surface area contributed by atoms with E-state index in [0.717, 1.165) is 4.73 Å². The molecule has 0 saturated heterocycles. The van der Waals surface area contributed by atoms with E-state index in [1.807, 2.05) is 0 Å². The van der Waals surface area contributed by atoms with Crippen molar-refractivity contribution >= 4 is 5.78 Å². The number of carbonyl (C=O) groups is 1. The van der Waals surface area contributed by atoms with Crippen LogP contribution in [0.4, 0.5) is 0 Å². The average Bonchev–Trinajstić information content (AvgIpc) is 2.17. The lowest BCUT2D eigenvalue weighted by molar-refractivity contribution is -0.622. The molecule has 0 spiro atoms. The summed E-state index contributed by atoms with van der Waals surface area (Å²) in [5.41, 5.74) is -0.405. The number of ether oxygens (including phenoxy) is 1. The number of ketones is 1. The summed E-state index contributed by atoms with van der Waals surface area (Å²) < 4.78 is 6.11. The van der Waals surface area contributed by atoms with Gasteiger partial charge in [-0.1, -0.05) is 0 Å². The zero-order valence-corrected chi connectivity index (χ0v) is 8.34. The van der Waals surface area contributed by atoms with E-state index in [2.05, 4.69) is 0 Å². The summed E-state index contributed by atoms with van der Waals surface area (Å²) in [5.74, 6) is -0.0346. The van der Waals surface area contributed by atoms with Crippen LogP contribution in [0, 0.1) is 5.21 Å². The van der Waals surface area contributed by atoms with Gasteiger partial charge in [0.2, 0.25) is 5.69 Å². The zero-order chi connectivity index (χ0) is 10.9. The molecule has 0 fully saturated rings. The molecular formula is C11H11NO3. The number of aromatic nitrogens is 1. The molecule has 1 atom stereocenters. The highest BCUT2D eigenvalue weighted by Crippen LogP contribution is 2.29. The van der Waals surface area contributed by atoms with Gasteiger partial charge in [0.25, 0.3) is 0 Å². The van der Waals surface area contributed by atoms with Crippen molar-refractivity contribution in [3.63, 3.8) is 0 Å². The summed E-state index contributed by atoms with van der Waals surface area (Å²) in [6.45, 7) is 1.73. The fourth-order valence-electron chi connectivity index (χ4n) is 1.68. The van der Waals surface area contributed by atoms with E-state index in [1.54, 1.807) is 25.1 Å². The van der Waals surface area contributed by atoms with Crippen molar-refractivity contribution in [2.75, 3.05) is 0 Å². The van der Waals surface area contributed by atoms with Crippen LogP contribution < -0.4 is 4.73 Å². The zero-order valence-electron chi connectivity index (χ0n) is 8.34. The molecule has 78 valence electrons. The van der Waals surface area contributed by atoms with Gasteiger partial charge in [0, 0.05) is 18.2 Å². The molecule has 0 radical (unpaired) electrons. The Morgan fingerprint density at radius 3 is 3.00 bits per heavy atom. The van der Waals surface area contributed by atoms with Crippen LogP contribution in [-0.4, -0.2) is 5.78 Å². The number of carbonyl (C=O) groups excluding carboxylic acids is 1. The van der Waals surface area contributed by atoms with Crippen LogP contribution in [0.25, 0.3) is 0 Å². The minimum atomic E-state index is -0.852. The second-order valence-corrected chi connectivity index (χ2v) is 3.71. The van der Waals surface area contributed by atoms with Crippen molar-refractivity contribution < 1.29 is 14.3 Å². The number of hydrogen-bond acceptors (Lipinski definition) is 3. The largest absolute Gasteiger partial charge is 0.618 e. The minimum Gasteiger partial charge on any atom is -0.618 e. The van der Waals surface area contributed by atoms with Gasteiger partial charge in [0.15, 0.2) is 17.6 Å². The predicted molar refractivity (Wildman–Crippen MR) is 52.6 cm³/mol. The van der Waals surface area contributed by atoms with Crippen LogP contribution in [0.2, 0.25) is 0 Å². The van der Waals surface area contributed by atoms with Gasteiger partial charge < -0.3 is 9.94 Å².